The van der Waals surface area contributed by atoms with E-state index < -0.39 is 17.0 Å². The molecular formula is C18H24F2N2O3. The maximum absolute atomic E-state index is 13.9. The average molecular weight is 354 g/mol. The molecular weight excluding hydrogens is 330 g/mol. The number of amides is 1. The standard InChI is InChI=1S/C18H24F2N2O3/c1-25-9-17(24)22-8-14-4-5-21(10-18(14,11-22)12-23)7-13-2-3-15(19)6-16(13)20/h2-3,6,14,23H,4-5,7-12H2,1H3/t14-,18+/m0/s1. The van der Waals surface area contributed by atoms with Crippen LogP contribution in [0.4, 0.5) is 8.78 Å². The Hall–Kier alpha value is -1.57. The topological polar surface area (TPSA) is 53.0 Å². The number of halogens is 2. The van der Waals surface area contributed by atoms with Gasteiger partial charge in [-0.15, -0.1) is 0 Å². The van der Waals surface area contributed by atoms with E-state index in [1.54, 1.807) is 4.90 Å². The highest BCUT2D eigenvalue weighted by atomic mass is 19.1. The van der Waals surface area contributed by atoms with Gasteiger partial charge in [-0.3, -0.25) is 9.69 Å². The molecule has 2 aliphatic heterocycles. The van der Waals surface area contributed by atoms with Gasteiger partial charge in [-0.25, -0.2) is 8.78 Å². The van der Waals surface area contributed by atoms with Crippen LogP contribution < -0.4 is 0 Å². The van der Waals surface area contributed by atoms with Crippen molar-refractivity contribution in [1.82, 2.24) is 9.80 Å². The molecule has 0 saturated carbocycles. The van der Waals surface area contributed by atoms with E-state index in [4.69, 9.17) is 4.74 Å². The van der Waals surface area contributed by atoms with Crippen LogP contribution in [0.15, 0.2) is 18.2 Å². The number of hydrogen-bond donors (Lipinski definition) is 1. The summed E-state index contributed by atoms with van der Waals surface area (Å²) in [5.41, 5.74) is 0.0521. The minimum absolute atomic E-state index is 0.0170. The fraction of sp³-hybridized carbons (Fsp3) is 0.611. The minimum Gasteiger partial charge on any atom is -0.396 e. The number of piperidine rings is 1. The number of aliphatic hydroxyl groups excluding tert-OH is 1. The molecule has 1 amide bonds. The van der Waals surface area contributed by atoms with Gasteiger partial charge < -0.3 is 14.7 Å². The molecule has 2 heterocycles. The minimum atomic E-state index is -0.588. The third kappa shape index (κ3) is 3.68. The number of benzene rings is 1. The van der Waals surface area contributed by atoms with Crippen molar-refractivity contribution >= 4 is 5.91 Å². The van der Waals surface area contributed by atoms with Crippen molar-refractivity contribution in [2.75, 3.05) is 46.5 Å². The van der Waals surface area contributed by atoms with E-state index in [0.717, 1.165) is 19.0 Å². The fourth-order valence-corrected chi connectivity index (χ4v) is 4.13. The van der Waals surface area contributed by atoms with Gasteiger partial charge in [0.15, 0.2) is 0 Å². The monoisotopic (exact) mass is 354 g/mol. The van der Waals surface area contributed by atoms with Crippen molar-refractivity contribution in [2.24, 2.45) is 11.3 Å². The number of nitrogens with zero attached hydrogens (tertiary/aromatic N) is 2. The Kier molecular flexibility index (Phi) is 5.36. The van der Waals surface area contributed by atoms with E-state index in [2.05, 4.69) is 4.90 Å². The molecule has 2 atom stereocenters. The van der Waals surface area contributed by atoms with Crippen molar-refractivity contribution in [3.63, 3.8) is 0 Å². The second-order valence-corrected chi connectivity index (χ2v) is 7.16. The summed E-state index contributed by atoms with van der Waals surface area (Å²) in [5.74, 6) is -0.980. The highest BCUT2D eigenvalue weighted by Crippen LogP contribution is 2.42. The van der Waals surface area contributed by atoms with Crippen LogP contribution in [0.5, 0.6) is 0 Å². The smallest absolute Gasteiger partial charge is 0.248 e. The lowest BCUT2D eigenvalue weighted by atomic mass is 9.74. The lowest BCUT2D eigenvalue weighted by Gasteiger charge is -2.43. The summed E-state index contributed by atoms with van der Waals surface area (Å²) in [7, 11) is 1.49. The summed E-state index contributed by atoms with van der Waals surface area (Å²) >= 11 is 0. The molecule has 3 rings (SSSR count). The Balaban J connectivity index is 1.70. The van der Waals surface area contributed by atoms with Crippen LogP contribution in [0.3, 0.4) is 0 Å². The molecule has 0 aliphatic carbocycles. The number of carbonyl (C=O) groups excluding carboxylic acids is 1. The summed E-state index contributed by atoms with van der Waals surface area (Å²) in [6.07, 6.45) is 0.833. The predicted octanol–water partition coefficient (Wildman–Crippen LogP) is 1.25. The van der Waals surface area contributed by atoms with Crippen LogP contribution in [-0.2, 0) is 16.1 Å². The van der Waals surface area contributed by atoms with Crippen LogP contribution in [-0.4, -0.2) is 67.3 Å². The molecule has 0 radical (unpaired) electrons. The summed E-state index contributed by atoms with van der Waals surface area (Å²) in [5, 5.41) is 10.0. The van der Waals surface area contributed by atoms with E-state index in [1.165, 1.54) is 19.2 Å². The second kappa shape index (κ2) is 7.35. The molecule has 1 N–H and O–H groups in total. The molecule has 0 bridgehead atoms. The lowest BCUT2D eigenvalue weighted by Crippen LogP contribution is -2.50. The van der Waals surface area contributed by atoms with Crippen molar-refractivity contribution in [2.45, 2.75) is 13.0 Å². The van der Waals surface area contributed by atoms with Gasteiger partial charge in [0.1, 0.15) is 18.2 Å². The van der Waals surface area contributed by atoms with Gasteiger partial charge in [0.2, 0.25) is 5.91 Å². The molecule has 25 heavy (non-hydrogen) atoms. The molecule has 5 nitrogen and oxygen atoms in total. The van der Waals surface area contributed by atoms with Crippen LogP contribution in [0.2, 0.25) is 0 Å². The third-order valence-corrected chi connectivity index (χ3v) is 5.49. The zero-order valence-electron chi connectivity index (χ0n) is 14.4. The first-order valence-corrected chi connectivity index (χ1v) is 8.51. The first-order valence-electron chi connectivity index (χ1n) is 8.51. The SMILES string of the molecule is COCC(=O)N1C[C@@H]2CCN(Cc3ccc(F)cc3F)C[C@]2(CO)C1. The number of fused-ring (bicyclic) bond motifs is 1. The van der Waals surface area contributed by atoms with Gasteiger partial charge in [-0.2, -0.15) is 0 Å². The van der Waals surface area contributed by atoms with E-state index in [9.17, 15) is 18.7 Å². The summed E-state index contributed by atoms with van der Waals surface area (Å²) in [6, 6.07) is 3.61. The van der Waals surface area contributed by atoms with Crippen LogP contribution in [0.25, 0.3) is 0 Å². The first-order chi connectivity index (χ1) is 12.0. The molecule has 2 aliphatic rings. The van der Waals surface area contributed by atoms with Gasteiger partial charge in [0.05, 0.1) is 6.61 Å². The molecule has 2 fully saturated rings. The molecule has 0 unspecified atom stereocenters. The van der Waals surface area contributed by atoms with Gasteiger partial charge in [0.25, 0.3) is 0 Å². The Morgan fingerprint density at radius 2 is 2.20 bits per heavy atom. The predicted molar refractivity (Wildman–Crippen MR) is 87.7 cm³/mol. The average Bonchev–Trinajstić information content (AvgIpc) is 2.97. The Morgan fingerprint density at radius 3 is 2.88 bits per heavy atom. The van der Waals surface area contributed by atoms with E-state index in [-0.39, 0.29) is 25.0 Å². The number of likely N-dealkylation sites (tertiary alicyclic amines) is 2. The molecule has 1 aromatic carbocycles. The fourth-order valence-electron chi connectivity index (χ4n) is 4.13. The summed E-state index contributed by atoms with van der Waals surface area (Å²) in [6.45, 7) is 2.85. The molecule has 7 heteroatoms. The third-order valence-electron chi connectivity index (χ3n) is 5.49. The zero-order chi connectivity index (χ0) is 18.0. The lowest BCUT2D eigenvalue weighted by molar-refractivity contribution is -0.134. The quantitative estimate of drug-likeness (QED) is 0.865. The van der Waals surface area contributed by atoms with E-state index in [0.29, 0.717) is 31.7 Å². The van der Waals surface area contributed by atoms with E-state index >= 15 is 0 Å². The molecule has 1 aromatic rings. The molecule has 2 saturated heterocycles. The second-order valence-electron chi connectivity index (χ2n) is 7.16. The Morgan fingerprint density at radius 1 is 1.40 bits per heavy atom. The van der Waals surface area contributed by atoms with Crippen molar-refractivity contribution in [3.8, 4) is 0 Å². The van der Waals surface area contributed by atoms with Crippen molar-refractivity contribution < 1.29 is 23.4 Å². The van der Waals surface area contributed by atoms with Gasteiger partial charge in [-0.1, -0.05) is 6.07 Å². The Bertz CT molecular complexity index is 643. The molecule has 0 spiro atoms. The molecule has 138 valence electrons. The highest BCUT2D eigenvalue weighted by molar-refractivity contribution is 5.77. The van der Waals surface area contributed by atoms with Crippen molar-refractivity contribution in [1.29, 1.82) is 0 Å². The Labute approximate surface area is 146 Å². The van der Waals surface area contributed by atoms with E-state index in [1.807, 2.05) is 0 Å². The molecule has 0 aromatic heterocycles. The number of carbonyl (C=O) groups is 1. The first kappa shape index (κ1) is 18.2. The van der Waals surface area contributed by atoms with Crippen LogP contribution in [0.1, 0.15) is 12.0 Å². The summed E-state index contributed by atoms with van der Waals surface area (Å²) < 4.78 is 31.9. The normalized spacial score (nSPS) is 26.7. The van der Waals surface area contributed by atoms with Gasteiger partial charge in [-0.05, 0) is 24.9 Å². The number of methoxy groups -OCH3 is 1. The number of hydrogen-bond acceptors (Lipinski definition) is 4. The van der Waals surface area contributed by atoms with Crippen LogP contribution in [0, 0.1) is 23.0 Å². The van der Waals surface area contributed by atoms with Crippen LogP contribution >= 0.6 is 0 Å². The maximum atomic E-state index is 13.9. The largest absolute Gasteiger partial charge is 0.396 e. The number of aliphatic hydroxyl groups is 1. The number of rotatable bonds is 5. The zero-order valence-corrected chi connectivity index (χ0v) is 14.4. The van der Waals surface area contributed by atoms with Gasteiger partial charge >= 0.3 is 0 Å². The summed E-state index contributed by atoms with van der Waals surface area (Å²) in [4.78, 5) is 15.9. The maximum Gasteiger partial charge on any atom is 0.248 e. The number of ether oxygens (including phenoxy) is 1. The van der Waals surface area contributed by atoms with Gasteiger partial charge in [0, 0.05) is 50.3 Å². The highest BCUT2D eigenvalue weighted by Gasteiger charge is 2.50. The van der Waals surface area contributed by atoms with Crippen molar-refractivity contribution in [3.05, 3.63) is 35.4 Å².